The van der Waals surface area contributed by atoms with E-state index in [1.807, 2.05) is 0 Å². The fourth-order valence-electron chi connectivity index (χ4n) is 2.00. The van der Waals surface area contributed by atoms with E-state index in [1.165, 1.54) is 12.1 Å². The van der Waals surface area contributed by atoms with Crippen LogP contribution in [0.4, 0.5) is 5.69 Å². The molecule has 2 aromatic rings. The molecule has 0 spiro atoms. The molecule has 7 heteroatoms. The quantitative estimate of drug-likeness (QED) is 0.743. The summed E-state index contributed by atoms with van der Waals surface area (Å²) in [5.74, 6) is -0.469. The molecule has 2 aromatic carbocycles. The van der Waals surface area contributed by atoms with Crippen LogP contribution in [0.3, 0.4) is 0 Å². The van der Waals surface area contributed by atoms with E-state index < -0.39 is 12.1 Å². The van der Waals surface area contributed by atoms with Crippen molar-refractivity contribution in [3.8, 4) is 5.75 Å². The second kappa shape index (κ2) is 8.74. The van der Waals surface area contributed by atoms with Gasteiger partial charge in [0.15, 0.2) is 6.10 Å². The normalized spacial score (nSPS) is 11.5. The number of hydrogen-bond acceptors (Lipinski definition) is 4. The lowest BCUT2D eigenvalue weighted by molar-refractivity contribution is -0.122. The lowest BCUT2D eigenvalue weighted by atomic mass is 10.2. The number of rotatable bonds is 6. The maximum Gasteiger partial charge on any atom is 0.339 e. The summed E-state index contributed by atoms with van der Waals surface area (Å²) < 4.78 is 10.5. The molecule has 0 fully saturated rings. The first-order valence-corrected chi connectivity index (χ1v) is 8.36. The van der Waals surface area contributed by atoms with E-state index in [2.05, 4.69) is 5.32 Å². The Morgan fingerprint density at radius 2 is 1.84 bits per heavy atom. The standard InChI is InChI=1S/C18H17Cl2NO4/c1-3-24-18(23)13-9-8-12(10-15(13)20)21-17(22)11(2)25-16-7-5-4-6-14(16)19/h4-11H,3H2,1-2H3,(H,21,22). The van der Waals surface area contributed by atoms with Crippen LogP contribution in [0.5, 0.6) is 5.75 Å². The van der Waals surface area contributed by atoms with Crippen molar-refractivity contribution in [2.75, 3.05) is 11.9 Å². The first-order valence-electron chi connectivity index (χ1n) is 7.61. The Labute approximate surface area is 155 Å². The van der Waals surface area contributed by atoms with Crippen LogP contribution in [0.15, 0.2) is 42.5 Å². The topological polar surface area (TPSA) is 64.6 Å². The maximum absolute atomic E-state index is 12.2. The van der Waals surface area contributed by atoms with E-state index in [0.29, 0.717) is 16.5 Å². The van der Waals surface area contributed by atoms with Crippen molar-refractivity contribution < 1.29 is 19.1 Å². The second-order valence-electron chi connectivity index (χ2n) is 5.09. The van der Waals surface area contributed by atoms with Crippen LogP contribution < -0.4 is 10.1 Å². The SMILES string of the molecule is CCOC(=O)c1ccc(NC(=O)C(C)Oc2ccccc2Cl)cc1Cl. The van der Waals surface area contributed by atoms with Crippen LogP contribution in [-0.4, -0.2) is 24.6 Å². The molecule has 25 heavy (non-hydrogen) atoms. The molecule has 0 aliphatic heterocycles. The molecule has 0 aromatic heterocycles. The van der Waals surface area contributed by atoms with Crippen LogP contribution in [0.2, 0.25) is 10.0 Å². The number of carbonyl (C=O) groups excluding carboxylic acids is 2. The van der Waals surface area contributed by atoms with Crippen LogP contribution in [0.25, 0.3) is 0 Å². The number of esters is 1. The summed E-state index contributed by atoms with van der Waals surface area (Å²) in [4.78, 5) is 24.0. The van der Waals surface area contributed by atoms with E-state index in [0.717, 1.165) is 0 Å². The molecule has 1 amide bonds. The average Bonchev–Trinajstić information content (AvgIpc) is 2.57. The van der Waals surface area contributed by atoms with Gasteiger partial charge < -0.3 is 14.8 Å². The maximum atomic E-state index is 12.2. The molecule has 5 nitrogen and oxygen atoms in total. The van der Waals surface area contributed by atoms with Crippen molar-refractivity contribution in [3.05, 3.63) is 58.1 Å². The van der Waals surface area contributed by atoms with Gasteiger partial charge in [0.05, 0.1) is 22.2 Å². The number of nitrogens with one attached hydrogen (secondary N) is 1. The van der Waals surface area contributed by atoms with Gasteiger partial charge in [0, 0.05) is 5.69 Å². The fraction of sp³-hybridized carbons (Fsp3) is 0.222. The first-order chi connectivity index (χ1) is 11.9. The van der Waals surface area contributed by atoms with Crippen LogP contribution >= 0.6 is 23.2 Å². The third-order valence-corrected chi connectivity index (χ3v) is 3.87. The zero-order chi connectivity index (χ0) is 18.4. The van der Waals surface area contributed by atoms with Crippen molar-refractivity contribution >= 4 is 40.8 Å². The molecular formula is C18H17Cl2NO4. The molecule has 1 N–H and O–H groups in total. The highest BCUT2D eigenvalue weighted by Crippen LogP contribution is 2.25. The molecular weight excluding hydrogens is 365 g/mol. The second-order valence-corrected chi connectivity index (χ2v) is 5.91. The number of hydrogen-bond donors (Lipinski definition) is 1. The minimum atomic E-state index is -0.775. The van der Waals surface area contributed by atoms with Crippen LogP contribution in [-0.2, 0) is 9.53 Å². The summed E-state index contributed by atoms with van der Waals surface area (Å²) in [6.07, 6.45) is -0.775. The minimum absolute atomic E-state index is 0.191. The van der Waals surface area contributed by atoms with E-state index in [9.17, 15) is 9.59 Å². The monoisotopic (exact) mass is 381 g/mol. The van der Waals surface area contributed by atoms with Gasteiger partial charge in [-0.05, 0) is 44.2 Å². The number of ether oxygens (including phenoxy) is 2. The average molecular weight is 382 g/mol. The highest BCUT2D eigenvalue weighted by molar-refractivity contribution is 6.34. The largest absolute Gasteiger partial charge is 0.479 e. The predicted octanol–water partition coefficient (Wildman–Crippen LogP) is 4.58. The molecule has 0 saturated carbocycles. The van der Waals surface area contributed by atoms with Gasteiger partial charge in [0.1, 0.15) is 5.75 Å². The summed E-state index contributed by atoms with van der Waals surface area (Å²) in [6, 6.07) is 11.4. The minimum Gasteiger partial charge on any atom is -0.479 e. The van der Waals surface area contributed by atoms with Crippen molar-refractivity contribution in [1.29, 1.82) is 0 Å². The zero-order valence-electron chi connectivity index (χ0n) is 13.7. The molecule has 0 aliphatic carbocycles. The Morgan fingerprint density at radius 3 is 2.48 bits per heavy atom. The number of amides is 1. The van der Waals surface area contributed by atoms with Crippen LogP contribution in [0, 0.1) is 0 Å². The number of carbonyl (C=O) groups is 2. The molecule has 0 saturated heterocycles. The Balaban J connectivity index is 2.03. The summed E-state index contributed by atoms with van der Waals surface area (Å²) >= 11 is 12.1. The fourth-order valence-corrected chi connectivity index (χ4v) is 2.43. The lowest BCUT2D eigenvalue weighted by Gasteiger charge is -2.16. The van der Waals surface area contributed by atoms with Gasteiger partial charge in [-0.25, -0.2) is 4.79 Å². The number of halogens is 2. The third kappa shape index (κ3) is 5.11. The van der Waals surface area contributed by atoms with Crippen molar-refractivity contribution in [3.63, 3.8) is 0 Å². The molecule has 1 atom stereocenters. The summed E-state index contributed by atoms with van der Waals surface area (Å²) in [6.45, 7) is 3.57. The zero-order valence-corrected chi connectivity index (χ0v) is 15.2. The highest BCUT2D eigenvalue weighted by Gasteiger charge is 2.17. The smallest absolute Gasteiger partial charge is 0.339 e. The summed E-state index contributed by atoms with van der Waals surface area (Å²) in [7, 11) is 0. The van der Waals surface area contributed by atoms with Crippen molar-refractivity contribution in [2.24, 2.45) is 0 Å². The van der Waals surface area contributed by atoms with E-state index in [-0.39, 0.29) is 23.1 Å². The number of anilines is 1. The van der Waals surface area contributed by atoms with Gasteiger partial charge in [-0.2, -0.15) is 0 Å². The van der Waals surface area contributed by atoms with Crippen molar-refractivity contribution in [2.45, 2.75) is 20.0 Å². The van der Waals surface area contributed by atoms with Gasteiger partial charge in [-0.15, -0.1) is 0 Å². The Bertz CT molecular complexity index is 779. The molecule has 0 aliphatic rings. The highest BCUT2D eigenvalue weighted by atomic mass is 35.5. The van der Waals surface area contributed by atoms with Gasteiger partial charge >= 0.3 is 5.97 Å². The Morgan fingerprint density at radius 1 is 1.12 bits per heavy atom. The molecule has 0 bridgehead atoms. The third-order valence-electron chi connectivity index (χ3n) is 3.24. The molecule has 2 rings (SSSR count). The van der Waals surface area contributed by atoms with Gasteiger partial charge in [0.25, 0.3) is 5.91 Å². The number of benzene rings is 2. The summed E-state index contributed by atoms with van der Waals surface area (Å²) in [5, 5.41) is 3.29. The van der Waals surface area contributed by atoms with Gasteiger partial charge in [-0.1, -0.05) is 35.3 Å². The van der Waals surface area contributed by atoms with E-state index in [4.69, 9.17) is 32.7 Å². The van der Waals surface area contributed by atoms with Crippen molar-refractivity contribution in [1.82, 2.24) is 0 Å². The molecule has 0 heterocycles. The molecule has 132 valence electrons. The Kier molecular flexibility index (Phi) is 6.67. The van der Waals surface area contributed by atoms with Gasteiger partial charge in [-0.3, -0.25) is 4.79 Å². The molecule has 1 unspecified atom stereocenters. The number of para-hydroxylation sites is 1. The van der Waals surface area contributed by atoms with E-state index >= 15 is 0 Å². The molecule has 0 radical (unpaired) electrons. The first kappa shape index (κ1) is 19.1. The lowest BCUT2D eigenvalue weighted by Crippen LogP contribution is -2.30. The Hall–Kier alpha value is -2.24. The summed E-state index contributed by atoms with van der Waals surface area (Å²) in [5.41, 5.74) is 0.680. The van der Waals surface area contributed by atoms with E-state index in [1.54, 1.807) is 44.2 Å². The van der Waals surface area contributed by atoms with Crippen LogP contribution in [0.1, 0.15) is 24.2 Å². The predicted molar refractivity (Wildman–Crippen MR) is 97.6 cm³/mol. The van der Waals surface area contributed by atoms with Gasteiger partial charge in [0.2, 0.25) is 0 Å².